The fourth-order valence-corrected chi connectivity index (χ4v) is 1.49. The van der Waals surface area contributed by atoms with Gasteiger partial charge in [-0.25, -0.2) is 9.97 Å². The number of nitrogens with zero attached hydrogens (tertiary/aromatic N) is 3. The van der Waals surface area contributed by atoms with Gasteiger partial charge in [-0.05, 0) is 27.7 Å². The molecule has 0 saturated heterocycles. The van der Waals surface area contributed by atoms with Crippen molar-refractivity contribution >= 4 is 5.95 Å². The monoisotopic (exact) mass is 252 g/mol. The third-order valence-corrected chi connectivity index (χ3v) is 2.55. The first-order chi connectivity index (χ1) is 8.46. The zero-order chi connectivity index (χ0) is 13.6. The van der Waals surface area contributed by atoms with Gasteiger partial charge in [0.25, 0.3) is 0 Å². The van der Waals surface area contributed by atoms with Gasteiger partial charge >= 0.3 is 0 Å². The number of aliphatic hydroxyl groups is 1. The van der Waals surface area contributed by atoms with Crippen LogP contribution in [0.3, 0.4) is 0 Å². The van der Waals surface area contributed by atoms with Gasteiger partial charge in [0.1, 0.15) is 0 Å². The van der Waals surface area contributed by atoms with Crippen LogP contribution in [-0.4, -0.2) is 40.3 Å². The second-order valence-corrected chi connectivity index (χ2v) is 5.30. The molecule has 0 aliphatic rings. The van der Waals surface area contributed by atoms with Crippen LogP contribution < -0.4 is 10.2 Å². The number of nitrogens with one attached hydrogen (secondary N) is 1. The first-order valence-corrected chi connectivity index (χ1v) is 6.38. The molecule has 2 N–H and O–H groups in total. The van der Waals surface area contributed by atoms with Crippen LogP contribution in [0.1, 0.15) is 33.3 Å². The summed E-state index contributed by atoms with van der Waals surface area (Å²) < 4.78 is 0. The van der Waals surface area contributed by atoms with Gasteiger partial charge in [0.15, 0.2) is 0 Å². The summed E-state index contributed by atoms with van der Waals surface area (Å²) in [7, 11) is 0. The third-order valence-electron chi connectivity index (χ3n) is 2.55. The van der Waals surface area contributed by atoms with Crippen molar-refractivity contribution in [1.82, 2.24) is 15.3 Å². The van der Waals surface area contributed by atoms with E-state index in [2.05, 4.69) is 36.1 Å². The number of aromatic nitrogens is 2. The summed E-state index contributed by atoms with van der Waals surface area (Å²) in [6.07, 6.45) is 3.67. The highest BCUT2D eigenvalue weighted by Gasteiger charge is 2.10. The second kappa shape index (κ2) is 6.66. The topological polar surface area (TPSA) is 61.3 Å². The lowest BCUT2D eigenvalue weighted by atomic mass is 10.1. The molecule has 0 aliphatic heterocycles. The highest BCUT2D eigenvalue weighted by molar-refractivity contribution is 5.29. The molecule has 18 heavy (non-hydrogen) atoms. The lowest BCUT2D eigenvalue weighted by Gasteiger charge is -2.21. The van der Waals surface area contributed by atoms with Gasteiger partial charge in [0.05, 0.1) is 6.61 Å². The quantitative estimate of drug-likeness (QED) is 0.796. The van der Waals surface area contributed by atoms with E-state index in [0.29, 0.717) is 12.5 Å². The number of rotatable bonds is 6. The predicted molar refractivity (Wildman–Crippen MR) is 73.6 cm³/mol. The Morgan fingerprint density at radius 2 is 1.89 bits per heavy atom. The van der Waals surface area contributed by atoms with Crippen LogP contribution in [0.4, 0.5) is 5.95 Å². The number of aliphatic hydroxyl groups excluding tert-OH is 1. The molecule has 0 fully saturated rings. The molecule has 1 aromatic heterocycles. The maximum Gasteiger partial charge on any atom is 0.225 e. The Morgan fingerprint density at radius 1 is 1.28 bits per heavy atom. The van der Waals surface area contributed by atoms with Gasteiger partial charge in [-0.1, -0.05) is 0 Å². The van der Waals surface area contributed by atoms with Crippen LogP contribution in [0.5, 0.6) is 0 Å². The molecule has 0 saturated carbocycles. The first kappa shape index (κ1) is 14.9. The van der Waals surface area contributed by atoms with Gasteiger partial charge in [0.2, 0.25) is 5.95 Å². The minimum Gasteiger partial charge on any atom is -0.395 e. The molecule has 0 atom stereocenters. The number of hydrogen-bond acceptors (Lipinski definition) is 5. The Bertz CT molecular complexity index is 345. The summed E-state index contributed by atoms with van der Waals surface area (Å²) in [5, 5.41) is 12.3. The first-order valence-electron chi connectivity index (χ1n) is 6.38. The molecule has 5 nitrogen and oxygen atoms in total. The maximum absolute atomic E-state index is 8.95. The predicted octanol–water partition coefficient (Wildman–Crippen LogP) is 1.18. The van der Waals surface area contributed by atoms with Gasteiger partial charge in [-0.15, -0.1) is 0 Å². The molecular weight excluding hydrogens is 228 g/mol. The Labute approximate surface area is 109 Å². The number of hydrogen-bond donors (Lipinski definition) is 2. The minimum absolute atomic E-state index is 0.0883. The summed E-state index contributed by atoms with van der Waals surface area (Å²) in [4.78, 5) is 10.6. The second-order valence-electron chi connectivity index (χ2n) is 5.30. The highest BCUT2D eigenvalue weighted by Crippen LogP contribution is 2.07. The molecule has 0 unspecified atom stereocenters. The van der Waals surface area contributed by atoms with Crippen LogP contribution in [0.2, 0.25) is 0 Å². The molecule has 0 aliphatic carbocycles. The molecule has 5 heteroatoms. The summed E-state index contributed by atoms with van der Waals surface area (Å²) in [5.41, 5.74) is 1.15. The van der Waals surface area contributed by atoms with Crippen molar-refractivity contribution in [2.75, 3.05) is 24.6 Å². The number of anilines is 1. The van der Waals surface area contributed by atoms with Crippen molar-refractivity contribution in [1.29, 1.82) is 0 Å². The van der Waals surface area contributed by atoms with Gasteiger partial charge < -0.3 is 15.3 Å². The van der Waals surface area contributed by atoms with E-state index in [1.807, 2.05) is 24.2 Å². The van der Waals surface area contributed by atoms with Crippen LogP contribution in [-0.2, 0) is 6.54 Å². The van der Waals surface area contributed by atoms with Crippen LogP contribution in [0.25, 0.3) is 0 Å². The van der Waals surface area contributed by atoms with E-state index >= 15 is 0 Å². The summed E-state index contributed by atoms with van der Waals surface area (Å²) >= 11 is 0. The van der Waals surface area contributed by atoms with Crippen molar-refractivity contribution in [2.45, 2.75) is 39.8 Å². The van der Waals surface area contributed by atoms with Crippen LogP contribution in [0, 0.1) is 0 Å². The SMILES string of the molecule is CCN(CCO)c1ncc(CNC(C)(C)C)cn1. The molecule has 0 amide bonds. The fraction of sp³-hybridized carbons (Fsp3) is 0.692. The Hall–Kier alpha value is -1.20. The van der Waals surface area contributed by atoms with E-state index in [0.717, 1.165) is 18.7 Å². The summed E-state index contributed by atoms with van der Waals surface area (Å²) in [6.45, 7) is 10.6. The van der Waals surface area contributed by atoms with Crippen molar-refractivity contribution in [3.8, 4) is 0 Å². The maximum atomic E-state index is 8.95. The van der Waals surface area contributed by atoms with Crippen molar-refractivity contribution in [2.24, 2.45) is 0 Å². The summed E-state index contributed by atoms with van der Waals surface area (Å²) in [5.74, 6) is 0.672. The molecule has 1 aromatic rings. The highest BCUT2D eigenvalue weighted by atomic mass is 16.3. The van der Waals surface area contributed by atoms with Crippen molar-refractivity contribution in [3.05, 3.63) is 18.0 Å². The molecule has 0 spiro atoms. The third kappa shape index (κ3) is 4.98. The Balaban J connectivity index is 2.61. The van der Waals surface area contributed by atoms with Gasteiger partial charge in [-0.2, -0.15) is 0 Å². The number of likely N-dealkylation sites (N-methyl/N-ethyl adjacent to an activating group) is 1. The largest absolute Gasteiger partial charge is 0.395 e. The van der Waals surface area contributed by atoms with E-state index in [1.54, 1.807) is 0 Å². The lowest BCUT2D eigenvalue weighted by Crippen LogP contribution is -2.35. The molecule has 0 radical (unpaired) electrons. The zero-order valence-electron chi connectivity index (χ0n) is 11.8. The van der Waals surface area contributed by atoms with Gasteiger partial charge in [-0.3, -0.25) is 0 Å². The Morgan fingerprint density at radius 3 is 2.33 bits per heavy atom. The molecule has 0 bridgehead atoms. The Kier molecular flexibility index (Phi) is 5.50. The van der Waals surface area contributed by atoms with Crippen molar-refractivity contribution in [3.63, 3.8) is 0 Å². The van der Waals surface area contributed by atoms with Crippen LogP contribution in [0.15, 0.2) is 12.4 Å². The molecule has 0 aromatic carbocycles. The zero-order valence-corrected chi connectivity index (χ0v) is 11.8. The molecule has 1 heterocycles. The molecule has 1 rings (SSSR count). The van der Waals surface area contributed by atoms with E-state index in [-0.39, 0.29) is 12.1 Å². The smallest absolute Gasteiger partial charge is 0.225 e. The average molecular weight is 252 g/mol. The van der Waals surface area contributed by atoms with Crippen molar-refractivity contribution < 1.29 is 5.11 Å². The minimum atomic E-state index is 0.0883. The van der Waals surface area contributed by atoms with Gasteiger partial charge in [0, 0.05) is 43.1 Å². The van der Waals surface area contributed by atoms with Crippen LogP contribution >= 0.6 is 0 Å². The normalized spacial score (nSPS) is 11.6. The van der Waals surface area contributed by atoms with E-state index in [9.17, 15) is 0 Å². The van der Waals surface area contributed by atoms with E-state index in [4.69, 9.17) is 5.11 Å². The van der Waals surface area contributed by atoms with E-state index in [1.165, 1.54) is 0 Å². The lowest BCUT2D eigenvalue weighted by molar-refractivity contribution is 0.301. The molecular formula is C13H24N4O. The summed E-state index contributed by atoms with van der Waals surface area (Å²) in [6, 6.07) is 0. The molecule has 102 valence electrons. The van der Waals surface area contributed by atoms with E-state index < -0.39 is 0 Å². The average Bonchev–Trinajstić information content (AvgIpc) is 2.33. The fourth-order valence-electron chi connectivity index (χ4n) is 1.49. The standard InChI is InChI=1S/C13H24N4O/c1-5-17(6-7-18)12-14-8-11(9-15-12)10-16-13(2,3)4/h8-9,16,18H,5-7,10H2,1-4H3.